The van der Waals surface area contributed by atoms with Crippen LogP contribution < -0.4 is 5.32 Å². The Morgan fingerprint density at radius 3 is 3.06 bits per heavy atom. The number of ether oxygens (including phenoxy) is 1. The van der Waals surface area contributed by atoms with Crippen molar-refractivity contribution in [1.29, 1.82) is 0 Å². The Balaban J connectivity index is 1.66. The van der Waals surface area contributed by atoms with Gasteiger partial charge in [-0.05, 0) is 35.2 Å². The molecule has 2 heterocycles. The lowest BCUT2D eigenvalue weighted by atomic mass is 10.2. The van der Waals surface area contributed by atoms with Crippen molar-refractivity contribution in [1.82, 2.24) is 10.2 Å². The van der Waals surface area contributed by atoms with Crippen molar-refractivity contribution in [3.63, 3.8) is 0 Å². The summed E-state index contributed by atoms with van der Waals surface area (Å²) in [4.78, 5) is 14.5. The van der Waals surface area contributed by atoms with E-state index in [-0.39, 0.29) is 12.0 Å². The van der Waals surface area contributed by atoms with Crippen LogP contribution in [0.15, 0.2) is 16.8 Å². The van der Waals surface area contributed by atoms with E-state index >= 15 is 0 Å². The van der Waals surface area contributed by atoms with Crippen LogP contribution in [0.25, 0.3) is 0 Å². The summed E-state index contributed by atoms with van der Waals surface area (Å²) in [6.45, 7) is 2.85. The summed E-state index contributed by atoms with van der Waals surface area (Å²) in [6.07, 6.45) is 1.98. The Hall–Kier alpha value is -0.910. The van der Waals surface area contributed by atoms with E-state index in [2.05, 4.69) is 22.1 Å². The molecule has 1 unspecified atom stereocenters. The van der Waals surface area contributed by atoms with Crippen LogP contribution >= 0.6 is 11.3 Å². The number of thiophene rings is 1. The molecule has 1 saturated carbocycles. The third-order valence-electron chi connectivity index (χ3n) is 3.41. The highest BCUT2D eigenvalue weighted by Gasteiger charge is 2.36. The topological polar surface area (TPSA) is 41.6 Å². The highest BCUT2D eigenvalue weighted by molar-refractivity contribution is 7.07. The molecule has 1 aliphatic heterocycles. The van der Waals surface area contributed by atoms with Gasteiger partial charge in [-0.2, -0.15) is 11.3 Å². The molecule has 0 bridgehead atoms. The fourth-order valence-electron chi connectivity index (χ4n) is 2.26. The SMILES string of the molecule is O=C(C1CNCCO1)N(Cc1ccsc1)C1CC1. The van der Waals surface area contributed by atoms with Crippen molar-refractivity contribution >= 4 is 17.2 Å². The number of nitrogens with one attached hydrogen (secondary N) is 1. The Morgan fingerprint density at radius 2 is 2.44 bits per heavy atom. The van der Waals surface area contributed by atoms with Crippen LogP contribution in [0.4, 0.5) is 0 Å². The van der Waals surface area contributed by atoms with Crippen molar-refractivity contribution in [2.75, 3.05) is 19.7 Å². The molecule has 0 aromatic carbocycles. The first kappa shape index (κ1) is 12.1. The lowest BCUT2D eigenvalue weighted by Crippen LogP contribution is -2.49. The minimum Gasteiger partial charge on any atom is -0.366 e. The zero-order valence-corrected chi connectivity index (χ0v) is 11.1. The molecule has 1 amide bonds. The molecule has 18 heavy (non-hydrogen) atoms. The Kier molecular flexibility index (Phi) is 3.63. The molecule has 2 aliphatic rings. The second-order valence-corrected chi connectivity index (χ2v) is 5.67. The van der Waals surface area contributed by atoms with Crippen molar-refractivity contribution in [2.24, 2.45) is 0 Å². The maximum Gasteiger partial charge on any atom is 0.253 e. The second kappa shape index (κ2) is 5.38. The average molecular weight is 266 g/mol. The van der Waals surface area contributed by atoms with Crippen molar-refractivity contribution < 1.29 is 9.53 Å². The lowest BCUT2D eigenvalue weighted by Gasteiger charge is -2.29. The van der Waals surface area contributed by atoms with Gasteiger partial charge in [-0.15, -0.1) is 0 Å². The third-order valence-corrected chi connectivity index (χ3v) is 4.14. The minimum atomic E-state index is -0.294. The van der Waals surface area contributed by atoms with E-state index in [1.54, 1.807) is 11.3 Å². The first-order chi connectivity index (χ1) is 8.84. The molecule has 0 spiro atoms. The first-order valence-electron chi connectivity index (χ1n) is 6.48. The highest BCUT2D eigenvalue weighted by Crippen LogP contribution is 2.29. The monoisotopic (exact) mass is 266 g/mol. The summed E-state index contributed by atoms with van der Waals surface area (Å²) < 4.78 is 5.57. The van der Waals surface area contributed by atoms with Gasteiger partial charge in [0, 0.05) is 25.7 Å². The molecule has 98 valence electrons. The number of amides is 1. The van der Waals surface area contributed by atoms with E-state index < -0.39 is 0 Å². The van der Waals surface area contributed by atoms with Crippen molar-refractivity contribution in [3.05, 3.63) is 22.4 Å². The van der Waals surface area contributed by atoms with Gasteiger partial charge < -0.3 is 15.0 Å². The van der Waals surface area contributed by atoms with Gasteiger partial charge in [0.25, 0.3) is 5.91 Å². The third kappa shape index (κ3) is 2.74. The molecular weight excluding hydrogens is 248 g/mol. The molecule has 1 aromatic rings. The normalized spacial score (nSPS) is 23.9. The summed E-state index contributed by atoms with van der Waals surface area (Å²) in [5.74, 6) is 0.149. The maximum absolute atomic E-state index is 12.5. The van der Waals surface area contributed by atoms with Crippen LogP contribution in [-0.2, 0) is 16.1 Å². The first-order valence-corrected chi connectivity index (χ1v) is 7.43. The Labute approximate surface area is 111 Å². The van der Waals surface area contributed by atoms with Crippen LogP contribution in [0.1, 0.15) is 18.4 Å². The minimum absolute atomic E-state index is 0.149. The van der Waals surface area contributed by atoms with Crippen LogP contribution in [-0.4, -0.2) is 42.6 Å². The zero-order chi connectivity index (χ0) is 12.4. The quantitative estimate of drug-likeness (QED) is 0.891. The van der Waals surface area contributed by atoms with Gasteiger partial charge in [0.2, 0.25) is 0 Å². The largest absolute Gasteiger partial charge is 0.366 e. The number of hydrogen-bond donors (Lipinski definition) is 1. The molecule has 1 atom stereocenters. The van der Waals surface area contributed by atoms with Gasteiger partial charge in [-0.25, -0.2) is 0 Å². The fraction of sp³-hybridized carbons (Fsp3) is 0.615. The molecule has 4 nitrogen and oxygen atoms in total. The molecule has 1 aliphatic carbocycles. The molecule has 1 N–H and O–H groups in total. The molecule has 0 radical (unpaired) electrons. The smallest absolute Gasteiger partial charge is 0.253 e. The fourth-order valence-corrected chi connectivity index (χ4v) is 2.92. The molecule has 2 fully saturated rings. The summed E-state index contributed by atoms with van der Waals surface area (Å²) >= 11 is 1.68. The zero-order valence-electron chi connectivity index (χ0n) is 10.3. The summed E-state index contributed by atoms with van der Waals surface area (Å²) in [5, 5.41) is 7.39. The number of morpholine rings is 1. The van der Waals surface area contributed by atoms with E-state index in [0.29, 0.717) is 19.2 Å². The van der Waals surface area contributed by atoms with E-state index in [4.69, 9.17) is 4.74 Å². The number of hydrogen-bond acceptors (Lipinski definition) is 4. The number of carbonyl (C=O) groups is 1. The predicted molar refractivity (Wildman–Crippen MR) is 70.5 cm³/mol. The summed E-state index contributed by atoms with van der Waals surface area (Å²) in [5.41, 5.74) is 1.23. The van der Waals surface area contributed by atoms with Crippen LogP contribution in [0.2, 0.25) is 0 Å². The summed E-state index contributed by atoms with van der Waals surface area (Å²) in [6, 6.07) is 2.52. The Morgan fingerprint density at radius 1 is 1.56 bits per heavy atom. The number of carbonyl (C=O) groups excluding carboxylic acids is 1. The average Bonchev–Trinajstić information content (AvgIpc) is 3.13. The van der Waals surface area contributed by atoms with Crippen LogP contribution in [0.3, 0.4) is 0 Å². The second-order valence-electron chi connectivity index (χ2n) is 4.89. The standard InChI is InChI=1S/C13H18N2O2S/c16-13(12-7-14-4-5-17-12)15(11-1-2-11)8-10-3-6-18-9-10/h3,6,9,11-12,14H,1-2,4-5,7-8H2. The van der Waals surface area contributed by atoms with Crippen molar-refractivity contribution in [2.45, 2.75) is 31.5 Å². The van der Waals surface area contributed by atoms with Gasteiger partial charge in [-0.3, -0.25) is 4.79 Å². The van der Waals surface area contributed by atoms with Gasteiger partial charge in [0.1, 0.15) is 6.10 Å². The maximum atomic E-state index is 12.5. The number of nitrogens with zero attached hydrogens (tertiary/aromatic N) is 1. The molecule has 3 rings (SSSR count). The Bertz CT molecular complexity index is 397. The molecule has 5 heteroatoms. The van der Waals surface area contributed by atoms with E-state index in [9.17, 15) is 4.79 Å². The summed E-state index contributed by atoms with van der Waals surface area (Å²) in [7, 11) is 0. The van der Waals surface area contributed by atoms with E-state index in [0.717, 1.165) is 25.9 Å². The van der Waals surface area contributed by atoms with Crippen molar-refractivity contribution in [3.8, 4) is 0 Å². The molecule has 1 saturated heterocycles. The van der Waals surface area contributed by atoms with Crippen LogP contribution in [0.5, 0.6) is 0 Å². The van der Waals surface area contributed by atoms with Gasteiger partial charge in [0.05, 0.1) is 6.61 Å². The lowest BCUT2D eigenvalue weighted by molar-refractivity contribution is -0.146. The molecular formula is C13H18N2O2S. The number of rotatable bonds is 4. The molecule has 1 aromatic heterocycles. The van der Waals surface area contributed by atoms with E-state index in [1.807, 2.05) is 4.90 Å². The van der Waals surface area contributed by atoms with Gasteiger partial charge in [-0.1, -0.05) is 0 Å². The van der Waals surface area contributed by atoms with Gasteiger partial charge >= 0.3 is 0 Å². The predicted octanol–water partition coefficient (Wildman–Crippen LogP) is 1.23. The highest BCUT2D eigenvalue weighted by atomic mass is 32.1. The van der Waals surface area contributed by atoms with E-state index in [1.165, 1.54) is 5.56 Å². The van der Waals surface area contributed by atoms with Crippen LogP contribution in [0, 0.1) is 0 Å². The van der Waals surface area contributed by atoms with Gasteiger partial charge in [0.15, 0.2) is 0 Å².